The number of rotatable bonds is 11. The van der Waals surface area contributed by atoms with E-state index in [4.69, 9.17) is 4.74 Å². The molecule has 0 unspecified atom stereocenters. The average molecular weight is 525 g/mol. The summed E-state index contributed by atoms with van der Waals surface area (Å²) >= 11 is 0. The van der Waals surface area contributed by atoms with Gasteiger partial charge in [-0.25, -0.2) is 9.59 Å². The molecule has 4 bridgehead atoms. The Hall–Kier alpha value is -2.31. The van der Waals surface area contributed by atoms with Crippen molar-refractivity contribution in [3.8, 4) is 0 Å². The smallest absolute Gasteiger partial charge is 0.409 e. The maximum Gasteiger partial charge on any atom is 0.409 e. The molecule has 0 aromatic carbocycles. The molecular formula is C31H48N4O3. The van der Waals surface area contributed by atoms with Gasteiger partial charge in [0.25, 0.3) is 0 Å². The fourth-order valence-electron chi connectivity index (χ4n) is 8.21. The van der Waals surface area contributed by atoms with Gasteiger partial charge in [0.1, 0.15) is 6.10 Å². The highest BCUT2D eigenvalue weighted by atomic mass is 16.6. The zero-order valence-corrected chi connectivity index (χ0v) is 23.4. The molecule has 1 N–H and O–H groups in total. The lowest BCUT2D eigenvalue weighted by atomic mass is 9.49. The summed E-state index contributed by atoms with van der Waals surface area (Å²) in [5, 5.41) is 3.17. The van der Waals surface area contributed by atoms with Gasteiger partial charge in [-0.2, -0.15) is 0 Å². The minimum atomic E-state index is -0.254. The number of urea groups is 1. The predicted molar refractivity (Wildman–Crippen MR) is 149 cm³/mol. The van der Waals surface area contributed by atoms with Gasteiger partial charge in [-0.15, -0.1) is 0 Å². The first-order chi connectivity index (χ1) is 18.5. The minimum absolute atomic E-state index is 0.00138. The molecule has 7 nitrogen and oxygen atoms in total. The Morgan fingerprint density at radius 1 is 0.974 bits per heavy atom. The Morgan fingerprint density at radius 2 is 1.63 bits per heavy atom. The topological polar surface area (TPSA) is 74.8 Å². The number of nitrogens with zero attached hydrogens (tertiary/aromatic N) is 3. The van der Waals surface area contributed by atoms with Crippen LogP contribution in [-0.2, 0) is 11.2 Å². The van der Waals surface area contributed by atoms with Crippen LogP contribution in [0.2, 0.25) is 0 Å². The third kappa shape index (κ3) is 7.20. The van der Waals surface area contributed by atoms with E-state index in [-0.39, 0.29) is 18.2 Å². The molecule has 210 valence electrons. The zero-order chi connectivity index (χ0) is 26.4. The number of nitrogens with one attached hydrogen (secondary N) is 1. The number of pyridine rings is 1. The summed E-state index contributed by atoms with van der Waals surface area (Å²) < 4.78 is 5.76. The number of hydrogen-bond donors (Lipinski definition) is 1. The summed E-state index contributed by atoms with van der Waals surface area (Å²) in [6.45, 7) is 2.46. The average Bonchev–Trinajstić information content (AvgIpc) is 2.91. The van der Waals surface area contributed by atoms with Gasteiger partial charge in [-0.3, -0.25) is 4.98 Å². The van der Waals surface area contributed by atoms with Gasteiger partial charge in [0.15, 0.2) is 0 Å². The van der Waals surface area contributed by atoms with E-state index in [1.807, 2.05) is 29.4 Å². The largest absolute Gasteiger partial charge is 0.446 e. The van der Waals surface area contributed by atoms with Crippen LogP contribution in [0, 0.1) is 23.2 Å². The first kappa shape index (κ1) is 27.3. The molecule has 6 rings (SSSR count). The summed E-state index contributed by atoms with van der Waals surface area (Å²) in [6.07, 6.45) is 20.2. The number of hydrogen-bond acceptors (Lipinski definition) is 4. The Balaban J connectivity index is 1.13. The molecule has 5 aliphatic carbocycles. The van der Waals surface area contributed by atoms with Crippen LogP contribution >= 0.6 is 0 Å². The number of carbonyl (C=O) groups is 2. The van der Waals surface area contributed by atoms with Crippen LogP contribution in [0.25, 0.3) is 0 Å². The van der Waals surface area contributed by atoms with Gasteiger partial charge >= 0.3 is 12.1 Å². The van der Waals surface area contributed by atoms with E-state index in [1.165, 1.54) is 50.5 Å². The Kier molecular flexibility index (Phi) is 9.11. The van der Waals surface area contributed by atoms with Crippen LogP contribution in [0.5, 0.6) is 0 Å². The predicted octanol–water partition coefficient (Wildman–Crippen LogP) is 6.03. The molecule has 0 atom stereocenters. The van der Waals surface area contributed by atoms with E-state index in [0.717, 1.165) is 69.2 Å². The number of aryl methyl sites for hydroxylation is 1. The highest BCUT2D eigenvalue weighted by molar-refractivity contribution is 5.74. The Labute approximate surface area is 229 Å². The third-order valence-corrected chi connectivity index (χ3v) is 9.87. The highest BCUT2D eigenvalue weighted by Crippen LogP contribution is 2.61. The second kappa shape index (κ2) is 12.7. The summed E-state index contributed by atoms with van der Waals surface area (Å²) in [5.74, 6) is 2.74. The molecule has 1 aromatic heterocycles. The maximum atomic E-state index is 13.3. The van der Waals surface area contributed by atoms with E-state index >= 15 is 0 Å². The van der Waals surface area contributed by atoms with Gasteiger partial charge in [0.2, 0.25) is 0 Å². The second-order valence-corrected chi connectivity index (χ2v) is 12.9. The molecule has 0 aliphatic heterocycles. The first-order valence-corrected chi connectivity index (χ1v) is 15.3. The third-order valence-electron chi connectivity index (χ3n) is 9.87. The van der Waals surface area contributed by atoms with Crippen molar-refractivity contribution in [3.63, 3.8) is 0 Å². The molecule has 5 aliphatic rings. The van der Waals surface area contributed by atoms with Crippen molar-refractivity contribution in [1.29, 1.82) is 0 Å². The van der Waals surface area contributed by atoms with Crippen molar-refractivity contribution in [3.05, 3.63) is 30.1 Å². The number of likely N-dealkylation sites (N-methyl/N-ethyl adjacent to an activating group) is 1. The summed E-state index contributed by atoms with van der Waals surface area (Å²) in [4.78, 5) is 33.7. The molecule has 5 fully saturated rings. The molecule has 1 aromatic rings. The molecule has 7 heteroatoms. The molecule has 1 heterocycles. The number of carbonyl (C=O) groups excluding carboxylic acids is 2. The summed E-state index contributed by atoms with van der Waals surface area (Å²) in [7, 11) is 1.80. The van der Waals surface area contributed by atoms with E-state index in [9.17, 15) is 9.59 Å². The minimum Gasteiger partial charge on any atom is -0.446 e. The van der Waals surface area contributed by atoms with Crippen molar-refractivity contribution in [2.75, 3.05) is 33.2 Å². The molecule has 0 radical (unpaired) electrons. The standard InChI is InChI=1S/C31H48N4O3/c1-34(30(37)38-28-7-3-2-4-8-28)16-17-35(29(36)33-12-5-6-24-9-13-32-14-10-24)15-11-31-21-25-18-26(22-31)20-27(19-25)23-31/h9-10,13-14,25-28H,2-8,11-12,15-23H2,1H3,(H,33,36). The van der Waals surface area contributed by atoms with Gasteiger partial charge in [-0.1, -0.05) is 6.42 Å². The van der Waals surface area contributed by atoms with E-state index in [1.54, 1.807) is 11.9 Å². The molecular weight excluding hydrogens is 476 g/mol. The number of amides is 3. The molecule has 38 heavy (non-hydrogen) atoms. The van der Waals surface area contributed by atoms with E-state index in [0.29, 0.717) is 25.0 Å². The van der Waals surface area contributed by atoms with Crippen molar-refractivity contribution in [2.45, 2.75) is 96.0 Å². The van der Waals surface area contributed by atoms with Crippen LogP contribution < -0.4 is 5.32 Å². The molecule has 3 amide bonds. The van der Waals surface area contributed by atoms with Crippen molar-refractivity contribution in [2.24, 2.45) is 23.2 Å². The quantitative estimate of drug-likeness (QED) is 0.359. The second-order valence-electron chi connectivity index (χ2n) is 12.9. The van der Waals surface area contributed by atoms with Crippen LogP contribution in [0.4, 0.5) is 9.59 Å². The Bertz CT molecular complexity index is 882. The summed E-state index contributed by atoms with van der Waals surface area (Å²) in [6, 6.07) is 4.06. The van der Waals surface area contributed by atoms with Gasteiger partial charge < -0.3 is 19.9 Å². The monoisotopic (exact) mass is 524 g/mol. The first-order valence-electron chi connectivity index (χ1n) is 15.3. The fraction of sp³-hybridized carbons (Fsp3) is 0.774. The lowest BCUT2D eigenvalue weighted by Crippen LogP contribution is -2.49. The van der Waals surface area contributed by atoms with Crippen molar-refractivity contribution < 1.29 is 14.3 Å². The highest BCUT2D eigenvalue weighted by Gasteiger charge is 2.50. The lowest BCUT2D eigenvalue weighted by Gasteiger charge is -2.57. The number of aromatic nitrogens is 1. The van der Waals surface area contributed by atoms with Gasteiger partial charge in [0, 0.05) is 45.6 Å². The van der Waals surface area contributed by atoms with Gasteiger partial charge in [-0.05, 0) is 124 Å². The van der Waals surface area contributed by atoms with Crippen LogP contribution in [0.1, 0.15) is 89.0 Å². The lowest BCUT2D eigenvalue weighted by molar-refractivity contribution is -0.0597. The molecule has 0 saturated heterocycles. The van der Waals surface area contributed by atoms with Crippen molar-refractivity contribution in [1.82, 2.24) is 20.1 Å². The molecule has 0 spiro atoms. The van der Waals surface area contributed by atoms with E-state index in [2.05, 4.69) is 10.3 Å². The van der Waals surface area contributed by atoms with Crippen LogP contribution in [-0.4, -0.2) is 66.2 Å². The van der Waals surface area contributed by atoms with Crippen LogP contribution in [0.3, 0.4) is 0 Å². The zero-order valence-electron chi connectivity index (χ0n) is 23.4. The van der Waals surface area contributed by atoms with E-state index < -0.39 is 0 Å². The normalized spacial score (nSPS) is 28.2. The van der Waals surface area contributed by atoms with Crippen LogP contribution in [0.15, 0.2) is 24.5 Å². The van der Waals surface area contributed by atoms with Gasteiger partial charge in [0.05, 0.1) is 0 Å². The van der Waals surface area contributed by atoms with Crippen molar-refractivity contribution >= 4 is 12.1 Å². The fourth-order valence-corrected chi connectivity index (χ4v) is 8.21. The maximum absolute atomic E-state index is 13.3. The number of ether oxygens (including phenoxy) is 1. The SMILES string of the molecule is CN(CCN(CCC12CC3CC(CC(C3)C1)C2)C(=O)NCCCc1ccncc1)C(=O)OC1CCCCC1. The summed E-state index contributed by atoms with van der Waals surface area (Å²) in [5.41, 5.74) is 1.67. The Morgan fingerprint density at radius 3 is 2.29 bits per heavy atom. The molecule has 5 saturated carbocycles.